The molecule has 7 nitrogen and oxygen atoms in total. The van der Waals surface area contributed by atoms with Crippen LogP contribution in [0.4, 0.5) is 0 Å². The highest BCUT2D eigenvalue weighted by molar-refractivity contribution is 7.17. The van der Waals surface area contributed by atoms with Crippen LogP contribution in [0.1, 0.15) is 24.4 Å². The molecule has 0 spiro atoms. The van der Waals surface area contributed by atoms with E-state index in [9.17, 15) is 4.79 Å². The third-order valence-corrected chi connectivity index (χ3v) is 4.39. The van der Waals surface area contributed by atoms with Crippen LogP contribution in [-0.4, -0.2) is 47.7 Å². The summed E-state index contributed by atoms with van der Waals surface area (Å²) in [6, 6.07) is 3.70. The van der Waals surface area contributed by atoms with Crippen LogP contribution < -0.4 is 4.74 Å². The highest BCUT2D eigenvalue weighted by atomic mass is 32.1. The number of hydrogen-bond donors (Lipinski definition) is 0. The van der Waals surface area contributed by atoms with E-state index in [-0.39, 0.29) is 12.4 Å². The van der Waals surface area contributed by atoms with Gasteiger partial charge in [-0.25, -0.2) is 9.98 Å². The van der Waals surface area contributed by atoms with E-state index >= 15 is 0 Å². The van der Waals surface area contributed by atoms with Gasteiger partial charge < -0.3 is 9.47 Å². The van der Waals surface area contributed by atoms with Crippen LogP contribution in [0.15, 0.2) is 28.3 Å². The van der Waals surface area contributed by atoms with Gasteiger partial charge in [0, 0.05) is 18.0 Å². The molecular weight excluding hydrogens is 340 g/mol. The Hall–Kier alpha value is -2.61. The fraction of sp³-hybridized carbons (Fsp3) is 0.353. The lowest BCUT2D eigenvalue weighted by molar-refractivity contribution is -0.142. The standard InChI is InChI=1S/C17H18N4O3S/c1-3-23-13(22)10-12-9-11(5-6-18-12)17-21-16(24-4-2)14(25-17)15-19-7-8-20-15/h5-7,9H,3-4,8,10H2,1-2H3. The van der Waals surface area contributed by atoms with Crippen LogP contribution in [-0.2, 0) is 16.0 Å². The maximum atomic E-state index is 11.7. The number of amidine groups is 1. The van der Waals surface area contributed by atoms with Crippen molar-refractivity contribution < 1.29 is 14.3 Å². The molecule has 0 bridgehead atoms. The number of carbonyl (C=O) groups excluding carboxylic acids is 1. The summed E-state index contributed by atoms with van der Waals surface area (Å²) >= 11 is 1.46. The van der Waals surface area contributed by atoms with E-state index in [0.717, 1.165) is 15.4 Å². The van der Waals surface area contributed by atoms with Gasteiger partial charge in [0.25, 0.3) is 0 Å². The van der Waals surface area contributed by atoms with Crippen molar-refractivity contribution in [1.29, 1.82) is 0 Å². The molecule has 0 atom stereocenters. The highest BCUT2D eigenvalue weighted by Crippen LogP contribution is 2.34. The first-order valence-electron chi connectivity index (χ1n) is 8.03. The van der Waals surface area contributed by atoms with E-state index in [0.29, 0.717) is 37.2 Å². The number of pyridine rings is 1. The van der Waals surface area contributed by atoms with Crippen molar-refractivity contribution in [1.82, 2.24) is 9.97 Å². The minimum absolute atomic E-state index is 0.134. The molecule has 25 heavy (non-hydrogen) atoms. The summed E-state index contributed by atoms with van der Waals surface area (Å²) in [5.74, 6) is 0.883. The lowest BCUT2D eigenvalue weighted by Crippen LogP contribution is -2.08. The van der Waals surface area contributed by atoms with E-state index in [1.165, 1.54) is 11.3 Å². The normalized spacial score (nSPS) is 13.0. The zero-order chi connectivity index (χ0) is 17.6. The topological polar surface area (TPSA) is 86.0 Å². The second kappa shape index (κ2) is 7.98. The zero-order valence-corrected chi connectivity index (χ0v) is 14.9. The number of hydrogen-bond acceptors (Lipinski definition) is 8. The molecule has 8 heteroatoms. The first-order chi connectivity index (χ1) is 12.2. The minimum atomic E-state index is -0.295. The van der Waals surface area contributed by atoms with Crippen molar-refractivity contribution in [2.75, 3.05) is 19.8 Å². The van der Waals surface area contributed by atoms with Crippen molar-refractivity contribution in [3.8, 4) is 16.5 Å². The molecule has 0 saturated carbocycles. The van der Waals surface area contributed by atoms with Gasteiger partial charge >= 0.3 is 5.97 Å². The molecule has 3 rings (SSSR count). The lowest BCUT2D eigenvalue weighted by atomic mass is 10.2. The minimum Gasteiger partial charge on any atom is -0.477 e. The maximum absolute atomic E-state index is 11.7. The smallest absolute Gasteiger partial charge is 0.311 e. The van der Waals surface area contributed by atoms with Gasteiger partial charge in [0.2, 0.25) is 5.88 Å². The van der Waals surface area contributed by atoms with Gasteiger partial charge in [-0.2, -0.15) is 0 Å². The SMILES string of the molecule is CCOC(=O)Cc1cc(-c2nc(OCC)c(C3=NCC=N3)s2)ccn1. The van der Waals surface area contributed by atoms with E-state index in [1.807, 2.05) is 19.1 Å². The number of carbonyl (C=O) groups is 1. The number of aromatic nitrogens is 2. The Kier molecular flexibility index (Phi) is 5.49. The average Bonchev–Trinajstić information content (AvgIpc) is 3.25. The van der Waals surface area contributed by atoms with Crippen LogP contribution in [0.2, 0.25) is 0 Å². The zero-order valence-electron chi connectivity index (χ0n) is 14.1. The fourth-order valence-corrected chi connectivity index (χ4v) is 3.27. The van der Waals surface area contributed by atoms with E-state index in [1.54, 1.807) is 19.3 Å². The summed E-state index contributed by atoms with van der Waals surface area (Å²) in [6.45, 7) is 5.13. The first-order valence-corrected chi connectivity index (χ1v) is 8.84. The predicted octanol–water partition coefficient (Wildman–Crippen LogP) is 2.54. The highest BCUT2D eigenvalue weighted by Gasteiger charge is 2.20. The number of thiazole rings is 1. The number of nitrogens with zero attached hydrogens (tertiary/aromatic N) is 4. The van der Waals surface area contributed by atoms with Gasteiger partial charge in [-0.05, 0) is 26.0 Å². The summed E-state index contributed by atoms with van der Waals surface area (Å²) in [7, 11) is 0. The average molecular weight is 358 g/mol. The van der Waals surface area contributed by atoms with Crippen molar-refractivity contribution in [2.45, 2.75) is 20.3 Å². The third kappa shape index (κ3) is 4.08. The van der Waals surface area contributed by atoms with E-state index in [2.05, 4.69) is 20.0 Å². The molecule has 0 amide bonds. The largest absolute Gasteiger partial charge is 0.477 e. The molecule has 2 aromatic rings. The molecule has 0 aliphatic carbocycles. The Morgan fingerprint density at radius 3 is 2.92 bits per heavy atom. The van der Waals surface area contributed by atoms with Crippen molar-refractivity contribution in [3.63, 3.8) is 0 Å². The van der Waals surface area contributed by atoms with Crippen LogP contribution in [0.5, 0.6) is 5.88 Å². The molecule has 130 valence electrons. The van der Waals surface area contributed by atoms with Gasteiger partial charge in [-0.15, -0.1) is 11.3 Å². The first kappa shape index (κ1) is 17.2. The summed E-state index contributed by atoms with van der Waals surface area (Å²) in [5, 5.41) is 0.774. The number of esters is 1. The molecule has 1 aliphatic heterocycles. The number of aliphatic imine (C=N–C) groups is 2. The van der Waals surface area contributed by atoms with Gasteiger partial charge in [0.15, 0.2) is 5.84 Å². The Bertz CT molecular complexity index is 829. The van der Waals surface area contributed by atoms with Crippen LogP contribution in [0.3, 0.4) is 0 Å². The van der Waals surface area contributed by atoms with Crippen LogP contribution >= 0.6 is 11.3 Å². The van der Waals surface area contributed by atoms with Crippen molar-refractivity contribution >= 4 is 29.4 Å². The summed E-state index contributed by atoms with van der Waals surface area (Å²) in [4.78, 5) is 29.9. The van der Waals surface area contributed by atoms with Gasteiger partial charge in [-0.1, -0.05) is 0 Å². The Balaban J connectivity index is 1.90. The van der Waals surface area contributed by atoms with Gasteiger partial charge in [0.05, 0.1) is 31.9 Å². The van der Waals surface area contributed by atoms with Crippen molar-refractivity contribution in [3.05, 3.63) is 28.9 Å². The Morgan fingerprint density at radius 2 is 2.20 bits per heavy atom. The summed E-state index contributed by atoms with van der Waals surface area (Å²) in [6.07, 6.45) is 3.56. The molecular formula is C17H18N4O3S. The molecule has 0 saturated heterocycles. The molecule has 0 radical (unpaired) electrons. The van der Waals surface area contributed by atoms with E-state index in [4.69, 9.17) is 9.47 Å². The van der Waals surface area contributed by atoms with E-state index < -0.39 is 0 Å². The Morgan fingerprint density at radius 1 is 1.32 bits per heavy atom. The van der Waals surface area contributed by atoms with Gasteiger partial charge in [0.1, 0.15) is 9.88 Å². The summed E-state index contributed by atoms with van der Waals surface area (Å²) < 4.78 is 10.6. The molecule has 0 N–H and O–H groups in total. The summed E-state index contributed by atoms with van der Waals surface area (Å²) in [5.41, 5.74) is 1.51. The third-order valence-electron chi connectivity index (χ3n) is 3.31. The van der Waals surface area contributed by atoms with Crippen LogP contribution in [0.25, 0.3) is 10.6 Å². The quantitative estimate of drug-likeness (QED) is 0.710. The van der Waals surface area contributed by atoms with Gasteiger partial charge in [-0.3, -0.25) is 14.8 Å². The second-order valence-corrected chi connectivity index (χ2v) is 6.08. The number of rotatable bonds is 7. The lowest BCUT2D eigenvalue weighted by Gasteiger charge is -2.03. The monoisotopic (exact) mass is 358 g/mol. The second-order valence-electron chi connectivity index (χ2n) is 5.08. The molecule has 0 unspecified atom stereocenters. The molecule has 1 aliphatic rings. The fourth-order valence-electron chi connectivity index (χ4n) is 2.30. The molecule has 0 fully saturated rings. The Labute approximate surface area is 149 Å². The molecule has 0 aromatic carbocycles. The predicted molar refractivity (Wildman–Crippen MR) is 96.7 cm³/mol. The molecule has 2 aromatic heterocycles. The molecule has 3 heterocycles. The maximum Gasteiger partial charge on any atom is 0.311 e. The van der Waals surface area contributed by atoms with Crippen molar-refractivity contribution in [2.24, 2.45) is 9.98 Å². The van der Waals surface area contributed by atoms with Crippen LogP contribution in [0, 0.1) is 0 Å². The number of ether oxygens (including phenoxy) is 2.